The summed E-state index contributed by atoms with van der Waals surface area (Å²) < 4.78 is 22.7. The summed E-state index contributed by atoms with van der Waals surface area (Å²) in [7, 11) is -3.08. The zero-order valence-electron chi connectivity index (χ0n) is 15.2. The summed E-state index contributed by atoms with van der Waals surface area (Å²) >= 11 is 0. The van der Waals surface area contributed by atoms with E-state index in [4.69, 9.17) is 0 Å². The van der Waals surface area contributed by atoms with E-state index in [0.717, 1.165) is 18.8 Å². The number of nitrogens with one attached hydrogen (secondary N) is 1. The van der Waals surface area contributed by atoms with Gasteiger partial charge in [0.05, 0.1) is 5.75 Å². The van der Waals surface area contributed by atoms with Gasteiger partial charge in [-0.3, -0.25) is 4.79 Å². The number of carbonyl (C=O) groups is 1. The van der Waals surface area contributed by atoms with Crippen molar-refractivity contribution < 1.29 is 13.2 Å². The van der Waals surface area contributed by atoms with Crippen LogP contribution in [-0.4, -0.2) is 33.7 Å². The molecule has 1 N–H and O–H groups in total. The number of nitrogens with zero attached hydrogens (tertiary/aromatic N) is 1. The lowest BCUT2D eigenvalue weighted by Crippen LogP contribution is -2.19. The highest BCUT2D eigenvalue weighted by Gasteiger charge is 2.15. The second-order valence-electron chi connectivity index (χ2n) is 6.92. The van der Waals surface area contributed by atoms with E-state index in [0.29, 0.717) is 11.1 Å². The fraction of sp³-hybridized carbons (Fsp3) is 0.350. The Balaban J connectivity index is 1.72. The number of anilines is 2. The smallest absolute Gasteiger partial charge is 0.255 e. The van der Waals surface area contributed by atoms with Crippen LogP contribution in [0.25, 0.3) is 0 Å². The highest BCUT2D eigenvalue weighted by Crippen LogP contribution is 2.27. The maximum atomic E-state index is 12.5. The Kier molecular flexibility index (Phi) is 5.32. The molecule has 6 heteroatoms. The first-order valence-electron chi connectivity index (χ1n) is 8.75. The van der Waals surface area contributed by atoms with Gasteiger partial charge in [0, 0.05) is 36.3 Å². The van der Waals surface area contributed by atoms with Crippen molar-refractivity contribution in [3.8, 4) is 0 Å². The van der Waals surface area contributed by atoms with Gasteiger partial charge in [-0.05, 0) is 55.2 Å². The zero-order valence-corrected chi connectivity index (χ0v) is 16.0. The SMILES string of the molecule is Cc1ccc(NC(=O)c2ccc(CS(C)(=O)=O)cc2)cc1N1CCCC1. The van der Waals surface area contributed by atoms with E-state index in [1.165, 1.54) is 30.3 Å². The molecule has 0 radical (unpaired) electrons. The molecule has 2 aromatic rings. The van der Waals surface area contributed by atoms with Gasteiger partial charge in [-0.2, -0.15) is 0 Å². The average Bonchev–Trinajstić information content (AvgIpc) is 3.10. The molecule has 0 spiro atoms. The third kappa shape index (κ3) is 4.64. The molecule has 0 saturated carbocycles. The topological polar surface area (TPSA) is 66.5 Å². The van der Waals surface area contributed by atoms with Crippen molar-refractivity contribution in [2.75, 3.05) is 29.6 Å². The number of rotatable bonds is 5. The van der Waals surface area contributed by atoms with E-state index in [1.807, 2.05) is 18.2 Å². The van der Waals surface area contributed by atoms with Crippen LogP contribution >= 0.6 is 0 Å². The van der Waals surface area contributed by atoms with Gasteiger partial charge in [0.15, 0.2) is 9.84 Å². The van der Waals surface area contributed by atoms with Crippen molar-refractivity contribution >= 4 is 27.1 Å². The van der Waals surface area contributed by atoms with Crippen LogP contribution in [0, 0.1) is 6.92 Å². The molecule has 0 aromatic heterocycles. The van der Waals surface area contributed by atoms with Gasteiger partial charge in [-0.15, -0.1) is 0 Å². The summed E-state index contributed by atoms with van der Waals surface area (Å²) in [4.78, 5) is 14.8. The first-order valence-corrected chi connectivity index (χ1v) is 10.8. The summed E-state index contributed by atoms with van der Waals surface area (Å²) in [5, 5.41) is 2.93. The molecule has 1 fully saturated rings. The highest BCUT2D eigenvalue weighted by molar-refractivity contribution is 7.89. The number of benzene rings is 2. The molecule has 1 amide bonds. The van der Waals surface area contributed by atoms with Crippen LogP contribution < -0.4 is 10.2 Å². The lowest BCUT2D eigenvalue weighted by Gasteiger charge is -2.21. The van der Waals surface area contributed by atoms with Gasteiger partial charge in [0.1, 0.15) is 0 Å². The van der Waals surface area contributed by atoms with E-state index in [1.54, 1.807) is 24.3 Å². The molecule has 138 valence electrons. The average molecular weight is 372 g/mol. The molecule has 1 heterocycles. The molecule has 1 aliphatic heterocycles. The molecule has 1 aliphatic rings. The number of carbonyl (C=O) groups excluding carboxylic acids is 1. The number of amides is 1. The van der Waals surface area contributed by atoms with Crippen molar-refractivity contribution in [2.45, 2.75) is 25.5 Å². The predicted molar refractivity (Wildman–Crippen MR) is 106 cm³/mol. The molecule has 0 unspecified atom stereocenters. The second-order valence-corrected chi connectivity index (χ2v) is 9.06. The Bertz CT molecular complexity index is 899. The molecule has 5 nitrogen and oxygen atoms in total. The molecular formula is C20H24N2O3S. The maximum Gasteiger partial charge on any atom is 0.255 e. The van der Waals surface area contributed by atoms with E-state index in [9.17, 15) is 13.2 Å². The van der Waals surface area contributed by atoms with Gasteiger partial charge in [0.25, 0.3) is 5.91 Å². The summed E-state index contributed by atoms with van der Waals surface area (Å²) in [6.45, 7) is 4.19. The Hall–Kier alpha value is -2.34. The molecule has 26 heavy (non-hydrogen) atoms. The minimum absolute atomic E-state index is 0.0218. The Morgan fingerprint density at radius 3 is 2.35 bits per heavy atom. The lowest BCUT2D eigenvalue weighted by molar-refractivity contribution is 0.102. The second kappa shape index (κ2) is 7.50. The predicted octanol–water partition coefficient (Wildman–Crippen LogP) is 3.39. The van der Waals surface area contributed by atoms with E-state index >= 15 is 0 Å². The molecule has 3 rings (SSSR count). The molecule has 0 bridgehead atoms. The first-order chi connectivity index (χ1) is 12.3. The third-order valence-electron chi connectivity index (χ3n) is 4.56. The normalized spacial score (nSPS) is 14.5. The minimum atomic E-state index is -3.08. The Morgan fingerprint density at radius 2 is 1.73 bits per heavy atom. The van der Waals surface area contributed by atoms with Gasteiger partial charge in [-0.25, -0.2) is 8.42 Å². The fourth-order valence-corrected chi connectivity index (χ4v) is 4.04. The summed E-state index contributed by atoms with van der Waals surface area (Å²) in [6, 6.07) is 12.6. The van der Waals surface area contributed by atoms with Crippen molar-refractivity contribution in [1.82, 2.24) is 0 Å². The first kappa shape index (κ1) is 18.5. The van der Waals surface area contributed by atoms with Crippen molar-refractivity contribution in [1.29, 1.82) is 0 Å². The molecule has 1 saturated heterocycles. The van der Waals surface area contributed by atoms with Crippen LogP contribution in [0.4, 0.5) is 11.4 Å². The van der Waals surface area contributed by atoms with E-state index in [-0.39, 0.29) is 11.7 Å². The summed E-state index contributed by atoms with van der Waals surface area (Å²) in [6.07, 6.45) is 3.61. The van der Waals surface area contributed by atoms with Crippen LogP contribution in [-0.2, 0) is 15.6 Å². The monoisotopic (exact) mass is 372 g/mol. The van der Waals surface area contributed by atoms with Crippen molar-refractivity contribution in [3.05, 3.63) is 59.2 Å². The van der Waals surface area contributed by atoms with Crippen LogP contribution in [0.3, 0.4) is 0 Å². The maximum absolute atomic E-state index is 12.5. The van der Waals surface area contributed by atoms with Crippen LogP contribution in [0.2, 0.25) is 0 Å². The highest BCUT2D eigenvalue weighted by atomic mass is 32.2. The van der Waals surface area contributed by atoms with Crippen LogP contribution in [0.1, 0.15) is 34.3 Å². The van der Waals surface area contributed by atoms with Crippen LogP contribution in [0.5, 0.6) is 0 Å². The van der Waals surface area contributed by atoms with E-state index in [2.05, 4.69) is 17.1 Å². The quantitative estimate of drug-likeness (QED) is 0.874. The molecule has 0 aliphatic carbocycles. The zero-order chi connectivity index (χ0) is 18.7. The number of hydrogen-bond acceptors (Lipinski definition) is 4. The fourth-order valence-electron chi connectivity index (χ4n) is 3.24. The van der Waals surface area contributed by atoms with Crippen LogP contribution in [0.15, 0.2) is 42.5 Å². The Morgan fingerprint density at radius 1 is 1.08 bits per heavy atom. The standard InChI is InChI=1S/C20H24N2O3S/c1-15-5-10-18(13-19(15)22-11-3-4-12-22)21-20(23)17-8-6-16(7-9-17)14-26(2,24)25/h5-10,13H,3-4,11-12,14H2,1-2H3,(H,21,23). The molecule has 0 atom stereocenters. The third-order valence-corrected chi connectivity index (χ3v) is 5.42. The molecular weight excluding hydrogens is 348 g/mol. The Labute approximate surface area is 154 Å². The number of sulfone groups is 1. The summed E-state index contributed by atoms with van der Waals surface area (Å²) in [5.41, 5.74) is 4.32. The van der Waals surface area contributed by atoms with Gasteiger partial charge < -0.3 is 10.2 Å². The lowest BCUT2D eigenvalue weighted by atomic mass is 10.1. The number of aryl methyl sites for hydroxylation is 1. The molecule has 2 aromatic carbocycles. The van der Waals surface area contributed by atoms with Gasteiger partial charge in [-0.1, -0.05) is 18.2 Å². The van der Waals surface area contributed by atoms with Crippen molar-refractivity contribution in [2.24, 2.45) is 0 Å². The van der Waals surface area contributed by atoms with Gasteiger partial charge in [0.2, 0.25) is 0 Å². The minimum Gasteiger partial charge on any atom is -0.371 e. The summed E-state index contributed by atoms with van der Waals surface area (Å²) in [5.74, 6) is -0.224. The number of hydrogen-bond donors (Lipinski definition) is 1. The van der Waals surface area contributed by atoms with Gasteiger partial charge >= 0.3 is 0 Å². The largest absolute Gasteiger partial charge is 0.371 e. The van der Waals surface area contributed by atoms with E-state index < -0.39 is 9.84 Å². The van der Waals surface area contributed by atoms with Crippen molar-refractivity contribution in [3.63, 3.8) is 0 Å².